The number of aromatic nitrogens is 1. The number of hydrogen-bond donors (Lipinski definition) is 2. The van der Waals surface area contributed by atoms with Crippen LogP contribution in [0.1, 0.15) is 45.1 Å². The lowest BCUT2D eigenvalue weighted by molar-refractivity contribution is 0.0792. The molecule has 24 heavy (non-hydrogen) atoms. The number of carbonyl (C=O) groups excluding carboxylic acids is 2. The second-order valence-electron chi connectivity index (χ2n) is 5.81. The molecule has 1 aliphatic rings. The summed E-state index contributed by atoms with van der Waals surface area (Å²) in [6, 6.07) is 5.27. The Morgan fingerprint density at radius 2 is 2.08 bits per heavy atom. The Kier molecular flexibility index (Phi) is 4.61. The Bertz CT molecular complexity index is 763. The van der Waals surface area contributed by atoms with Crippen molar-refractivity contribution in [2.75, 3.05) is 18.4 Å². The van der Waals surface area contributed by atoms with Crippen LogP contribution in [0.2, 0.25) is 0 Å². The van der Waals surface area contributed by atoms with E-state index in [0.29, 0.717) is 17.1 Å². The number of hydrogen-bond acceptors (Lipinski definition) is 5. The van der Waals surface area contributed by atoms with E-state index >= 15 is 0 Å². The molecule has 0 radical (unpaired) electrons. The molecule has 126 valence electrons. The van der Waals surface area contributed by atoms with Crippen LogP contribution in [-0.2, 0) is 6.54 Å². The fraction of sp³-hybridized carbons (Fsp3) is 0.353. The van der Waals surface area contributed by atoms with Crippen LogP contribution >= 0.6 is 0 Å². The summed E-state index contributed by atoms with van der Waals surface area (Å²) in [5.41, 5.74) is 7.67. The Labute approximate surface area is 139 Å². The van der Waals surface area contributed by atoms with Gasteiger partial charge in [-0.3, -0.25) is 9.59 Å². The van der Waals surface area contributed by atoms with Gasteiger partial charge < -0.3 is 20.4 Å². The topological polar surface area (TPSA) is 101 Å². The number of benzene rings is 1. The SMILES string of the molecule is Cc1cc(C(=O)N2CCCC2)ccc1NC(=O)c1coc(CN)n1. The van der Waals surface area contributed by atoms with Crippen molar-refractivity contribution >= 4 is 17.5 Å². The van der Waals surface area contributed by atoms with Crippen molar-refractivity contribution in [1.29, 1.82) is 0 Å². The van der Waals surface area contributed by atoms with Crippen molar-refractivity contribution in [2.24, 2.45) is 5.73 Å². The van der Waals surface area contributed by atoms with Gasteiger partial charge in [-0.15, -0.1) is 0 Å². The zero-order valence-electron chi connectivity index (χ0n) is 13.5. The second kappa shape index (κ2) is 6.84. The smallest absolute Gasteiger partial charge is 0.277 e. The van der Waals surface area contributed by atoms with Crippen molar-refractivity contribution in [3.63, 3.8) is 0 Å². The highest BCUT2D eigenvalue weighted by molar-refractivity contribution is 6.03. The quantitative estimate of drug-likeness (QED) is 0.893. The van der Waals surface area contributed by atoms with Gasteiger partial charge in [-0.2, -0.15) is 0 Å². The fourth-order valence-electron chi connectivity index (χ4n) is 2.74. The molecule has 1 aliphatic heterocycles. The van der Waals surface area contributed by atoms with E-state index < -0.39 is 0 Å². The van der Waals surface area contributed by atoms with Gasteiger partial charge >= 0.3 is 0 Å². The standard InChI is InChI=1S/C17H20N4O3/c1-11-8-12(17(23)21-6-2-3-7-21)4-5-13(11)20-16(22)14-10-24-15(9-18)19-14/h4-5,8,10H,2-3,6-7,9,18H2,1H3,(H,20,22). The number of carbonyl (C=O) groups is 2. The Balaban J connectivity index is 1.72. The molecule has 7 nitrogen and oxygen atoms in total. The lowest BCUT2D eigenvalue weighted by Gasteiger charge is -2.16. The average molecular weight is 328 g/mol. The van der Waals surface area contributed by atoms with E-state index in [1.165, 1.54) is 6.26 Å². The number of amides is 2. The first-order chi connectivity index (χ1) is 11.6. The zero-order chi connectivity index (χ0) is 17.1. The first-order valence-corrected chi connectivity index (χ1v) is 7.94. The summed E-state index contributed by atoms with van der Waals surface area (Å²) >= 11 is 0. The molecular formula is C17H20N4O3. The highest BCUT2D eigenvalue weighted by Gasteiger charge is 2.20. The Morgan fingerprint density at radius 3 is 2.71 bits per heavy atom. The van der Waals surface area contributed by atoms with Gasteiger partial charge in [0.05, 0.1) is 6.54 Å². The minimum Gasteiger partial charge on any atom is -0.447 e. The summed E-state index contributed by atoms with van der Waals surface area (Å²) in [4.78, 5) is 30.4. The number of nitrogens with one attached hydrogen (secondary N) is 1. The number of oxazole rings is 1. The van der Waals surface area contributed by atoms with E-state index in [1.807, 2.05) is 11.8 Å². The van der Waals surface area contributed by atoms with E-state index in [4.69, 9.17) is 10.2 Å². The minimum atomic E-state index is -0.375. The molecule has 1 aromatic carbocycles. The molecule has 1 fully saturated rings. The molecule has 0 bridgehead atoms. The third-order valence-electron chi connectivity index (χ3n) is 4.07. The minimum absolute atomic E-state index is 0.0394. The third kappa shape index (κ3) is 3.30. The van der Waals surface area contributed by atoms with E-state index in [2.05, 4.69) is 10.3 Å². The lowest BCUT2D eigenvalue weighted by atomic mass is 10.1. The molecule has 1 aromatic heterocycles. The summed E-state index contributed by atoms with van der Waals surface area (Å²) < 4.78 is 5.06. The van der Waals surface area contributed by atoms with Crippen molar-refractivity contribution < 1.29 is 14.0 Å². The van der Waals surface area contributed by atoms with Crippen LogP contribution in [0.15, 0.2) is 28.9 Å². The fourth-order valence-corrected chi connectivity index (χ4v) is 2.74. The maximum atomic E-state index is 12.4. The number of anilines is 1. The lowest BCUT2D eigenvalue weighted by Crippen LogP contribution is -2.27. The van der Waals surface area contributed by atoms with Gasteiger partial charge in [0.15, 0.2) is 5.69 Å². The van der Waals surface area contributed by atoms with Crippen molar-refractivity contribution in [3.8, 4) is 0 Å². The van der Waals surface area contributed by atoms with E-state index in [9.17, 15) is 9.59 Å². The molecule has 2 aromatic rings. The van der Waals surface area contributed by atoms with Gasteiger partial charge in [-0.1, -0.05) is 0 Å². The van der Waals surface area contributed by atoms with E-state index in [1.54, 1.807) is 18.2 Å². The van der Waals surface area contributed by atoms with Crippen LogP contribution in [0.4, 0.5) is 5.69 Å². The van der Waals surface area contributed by atoms with Crippen LogP contribution in [-0.4, -0.2) is 34.8 Å². The van der Waals surface area contributed by atoms with Crippen LogP contribution in [0.3, 0.4) is 0 Å². The van der Waals surface area contributed by atoms with Gasteiger partial charge in [0.2, 0.25) is 5.89 Å². The number of aryl methyl sites for hydroxylation is 1. The highest BCUT2D eigenvalue weighted by Crippen LogP contribution is 2.20. The first kappa shape index (κ1) is 16.2. The molecule has 0 saturated carbocycles. The van der Waals surface area contributed by atoms with Gasteiger partial charge in [0, 0.05) is 24.3 Å². The van der Waals surface area contributed by atoms with Gasteiger partial charge in [0.25, 0.3) is 11.8 Å². The molecule has 3 rings (SSSR count). The molecule has 0 unspecified atom stereocenters. The second-order valence-corrected chi connectivity index (χ2v) is 5.81. The molecule has 1 saturated heterocycles. The molecule has 0 spiro atoms. The zero-order valence-corrected chi connectivity index (χ0v) is 13.5. The van der Waals surface area contributed by atoms with Gasteiger partial charge in [-0.05, 0) is 43.5 Å². The summed E-state index contributed by atoms with van der Waals surface area (Å²) in [5.74, 6) is -0.0267. The maximum Gasteiger partial charge on any atom is 0.277 e. The summed E-state index contributed by atoms with van der Waals surface area (Å²) in [6.45, 7) is 3.61. The molecule has 3 N–H and O–H groups in total. The molecule has 0 atom stereocenters. The Morgan fingerprint density at radius 1 is 1.33 bits per heavy atom. The predicted octanol–water partition coefficient (Wildman–Crippen LogP) is 1.93. The van der Waals surface area contributed by atoms with E-state index in [0.717, 1.165) is 31.5 Å². The monoisotopic (exact) mass is 328 g/mol. The van der Waals surface area contributed by atoms with Crippen molar-refractivity contribution in [2.45, 2.75) is 26.3 Å². The van der Waals surface area contributed by atoms with Crippen LogP contribution in [0.25, 0.3) is 0 Å². The first-order valence-electron chi connectivity index (χ1n) is 7.94. The normalized spacial score (nSPS) is 14.0. The number of nitrogens with two attached hydrogens (primary N) is 1. The molecule has 0 aliphatic carbocycles. The highest BCUT2D eigenvalue weighted by atomic mass is 16.3. The average Bonchev–Trinajstić information content (AvgIpc) is 3.27. The van der Waals surface area contributed by atoms with Crippen molar-refractivity contribution in [1.82, 2.24) is 9.88 Å². The maximum absolute atomic E-state index is 12.4. The Hall–Kier alpha value is -2.67. The third-order valence-corrected chi connectivity index (χ3v) is 4.07. The van der Waals surface area contributed by atoms with Crippen LogP contribution in [0.5, 0.6) is 0 Å². The largest absolute Gasteiger partial charge is 0.447 e. The summed E-state index contributed by atoms with van der Waals surface area (Å²) in [6.07, 6.45) is 3.39. The summed E-state index contributed by atoms with van der Waals surface area (Å²) in [7, 11) is 0. The van der Waals surface area contributed by atoms with Gasteiger partial charge in [-0.25, -0.2) is 4.98 Å². The molecule has 7 heteroatoms. The van der Waals surface area contributed by atoms with Crippen LogP contribution < -0.4 is 11.1 Å². The number of likely N-dealkylation sites (tertiary alicyclic amines) is 1. The summed E-state index contributed by atoms with van der Waals surface area (Å²) in [5, 5.41) is 2.77. The van der Waals surface area contributed by atoms with Gasteiger partial charge in [0.1, 0.15) is 6.26 Å². The predicted molar refractivity (Wildman–Crippen MR) is 88.7 cm³/mol. The molecule has 2 heterocycles. The number of nitrogens with zero attached hydrogens (tertiary/aromatic N) is 2. The van der Waals surface area contributed by atoms with Crippen LogP contribution in [0, 0.1) is 6.92 Å². The van der Waals surface area contributed by atoms with E-state index in [-0.39, 0.29) is 24.1 Å². The van der Waals surface area contributed by atoms with Crippen molar-refractivity contribution in [3.05, 3.63) is 47.2 Å². The molecule has 2 amide bonds. The number of rotatable bonds is 4. The molecular weight excluding hydrogens is 308 g/mol.